The fraction of sp³-hybridized carbons (Fsp3) is 0.600. The number of rotatable bonds is 10. The summed E-state index contributed by atoms with van der Waals surface area (Å²) in [5.41, 5.74) is 1.11. The Bertz CT molecular complexity index is 698. The van der Waals surface area contributed by atoms with E-state index in [4.69, 9.17) is 0 Å². The van der Waals surface area contributed by atoms with Gasteiger partial charge < -0.3 is 0 Å². The van der Waals surface area contributed by atoms with Gasteiger partial charge in [-0.05, 0) is 31.2 Å². The van der Waals surface area contributed by atoms with Crippen LogP contribution < -0.4 is 4.72 Å². The van der Waals surface area contributed by atoms with E-state index in [1.54, 1.807) is 0 Å². The van der Waals surface area contributed by atoms with Gasteiger partial charge in [0.2, 0.25) is 20.0 Å². The van der Waals surface area contributed by atoms with Crippen LogP contribution >= 0.6 is 0 Å². The lowest BCUT2D eigenvalue weighted by Crippen LogP contribution is -2.39. The minimum atomic E-state index is -3.37. The van der Waals surface area contributed by atoms with Crippen molar-refractivity contribution in [3.63, 3.8) is 0 Å². The van der Waals surface area contributed by atoms with Crippen molar-refractivity contribution >= 4 is 20.0 Å². The molecule has 1 aliphatic carbocycles. The number of nitrogens with zero attached hydrogens (tertiary/aromatic N) is 1. The van der Waals surface area contributed by atoms with E-state index >= 15 is 0 Å². The Morgan fingerprint density at radius 2 is 1.78 bits per heavy atom. The number of sulfonamides is 2. The van der Waals surface area contributed by atoms with E-state index in [1.165, 1.54) is 10.6 Å². The zero-order valence-electron chi connectivity index (χ0n) is 13.3. The van der Waals surface area contributed by atoms with Crippen LogP contribution in [0, 0.1) is 0 Å². The summed E-state index contributed by atoms with van der Waals surface area (Å²) >= 11 is 0. The van der Waals surface area contributed by atoms with Crippen molar-refractivity contribution < 1.29 is 16.8 Å². The second-order valence-corrected chi connectivity index (χ2v) is 9.77. The van der Waals surface area contributed by atoms with Gasteiger partial charge in [0.15, 0.2) is 0 Å². The van der Waals surface area contributed by atoms with E-state index in [-0.39, 0.29) is 24.9 Å². The molecule has 23 heavy (non-hydrogen) atoms. The van der Waals surface area contributed by atoms with Crippen LogP contribution in [-0.2, 0) is 26.5 Å². The number of benzene rings is 1. The average molecular weight is 361 g/mol. The second-order valence-electron chi connectivity index (χ2n) is 5.91. The van der Waals surface area contributed by atoms with Crippen molar-refractivity contribution in [2.24, 2.45) is 0 Å². The van der Waals surface area contributed by atoms with Crippen molar-refractivity contribution in [1.29, 1.82) is 0 Å². The summed E-state index contributed by atoms with van der Waals surface area (Å²) in [5.74, 6) is 0.0458. The monoisotopic (exact) mass is 360 g/mol. The molecule has 1 fully saturated rings. The van der Waals surface area contributed by atoms with E-state index in [1.807, 2.05) is 30.3 Å². The molecule has 1 aliphatic rings. The molecule has 0 radical (unpaired) electrons. The standard InChI is InChI=1S/C15H24N2O4S2/c1-22(18,19)17(15-9-10-15)12-11-16-23(20,21)13-5-8-14-6-3-2-4-7-14/h2-4,6-7,15-16H,5,8-13H2,1H3. The number of aryl methyl sites for hydroxylation is 1. The molecule has 1 saturated carbocycles. The molecule has 1 aromatic carbocycles. The molecule has 1 aromatic rings. The molecule has 0 aromatic heterocycles. The van der Waals surface area contributed by atoms with Gasteiger partial charge in [0.1, 0.15) is 0 Å². The molecule has 2 rings (SSSR count). The van der Waals surface area contributed by atoms with Crippen molar-refractivity contribution in [2.75, 3.05) is 25.1 Å². The molecule has 0 saturated heterocycles. The summed E-state index contributed by atoms with van der Waals surface area (Å²) in [4.78, 5) is 0. The van der Waals surface area contributed by atoms with Crippen LogP contribution in [0.3, 0.4) is 0 Å². The van der Waals surface area contributed by atoms with Gasteiger partial charge in [-0.2, -0.15) is 4.31 Å². The van der Waals surface area contributed by atoms with Gasteiger partial charge in [-0.15, -0.1) is 0 Å². The van der Waals surface area contributed by atoms with Gasteiger partial charge in [0, 0.05) is 19.1 Å². The third kappa shape index (κ3) is 6.58. The van der Waals surface area contributed by atoms with Gasteiger partial charge >= 0.3 is 0 Å². The lowest BCUT2D eigenvalue weighted by atomic mass is 10.1. The minimum Gasteiger partial charge on any atom is -0.214 e. The third-order valence-electron chi connectivity index (χ3n) is 3.76. The van der Waals surface area contributed by atoms with Crippen molar-refractivity contribution in [3.8, 4) is 0 Å². The predicted molar refractivity (Wildman–Crippen MR) is 91.1 cm³/mol. The smallest absolute Gasteiger partial charge is 0.211 e. The number of nitrogens with one attached hydrogen (secondary N) is 1. The predicted octanol–water partition coefficient (Wildman–Crippen LogP) is 0.963. The second kappa shape index (κ2) is 7.74. The topological polar surface area (TPSA) is 83.6 Å². The first-order chi connectivity index (χ1) is 10.8. The number of hydrogen-bond donors (Lipinski definition) is 1. The van der Waals surface area contributed by atoms with E-state index in [0.717, 1.165) is 18.4 Å². The largest absolute Gasteiger partial charge is 0.214 e. The van der Waals surface area contributed by atoms with Crippen molar-refractivity contribution in [1.82, 2.24) is 9.03 Å². The Balaban J connectivity index is 1.73. The highest BCUT2D eigenvalue weighted by Crippen LogP contribution is 2.28. The molecule has 0 spiro atoms. The molecule has 130 valence electrons. The Morgan fingerprint density at radius 3 is 2.35 bits per heavy atom. The van der Waals surface area contributed by atoms with Gasteiger partial charge in [-0.1, -0.05) is 30.3 Å². The maximum atomic E-state index is 12.0. The summed E-state index contributed by atoms with van der Waals surface area (Å²) in [6.45, 7) is 0.318. The molecule has 0 atom stereocenters. The van der Waals surface area contributed by atoms with E-state index < -0.39 is 20.0 Å². The van der Waals surface area contributed by atoms with E-state index in [9.17, 15) is 16.8 Å². The fourth-order valence-electron chi connectivity index (χ4n) is 2.48. The average Bonchev–Trinajstić information content (AvgIpc) is 3.27. The highest BCUT2D eigenvalue weighted by atomic mass is 32.2. The van der Waals surface area contributed by atoms with E-state index in [2.05, 4.69) is 4.72 Å². The van der Waals surface area contributed by atoms with Gasteiger partial charge in [0.25, 0.3) is 0 Å². The first kappa shape index (κ1) is 18.4. The molecular formula is C15H24N2O4S2. The first-order valence-corrected chi connectivity index (χ1v) is 11.3. The molecule has 0 bridgehead atoms. The highest BCUT2D eigenvalue weighted by molar-refractivity contribution is 7.89. The van der Waals surface area contributed by atoms with Crippen LogP contribution in [0.4, 0.5) is 0 Å². The van der Waals surface area contributed by atoms with Crippen LogP contribution in [0.2, 0.25) is 0 Å². The SMILES string of the molecule is CS(=O)(=O)N(CCNS(=O)(=O)CCCc1ccccc1)C1CC1. The zero-order valence-corrected chi connectivity index (χ0v) is 14.9. The van der Waals surface area contributed by atoms with Crippen molar-refractivity contribution in [3.05, 3.63) is 35.9 Å². The van der Waals surface area contributed by atoms with Gasteiger partial charge in [-0.3, -0.25) is 0 Å². The molecular weight excluding hydrogens is 336 g/mol. The Labute approximate surface area is 139 Å². The normalized spacial score (nSPS) is 15.9. The summed E-state index contributed by atoms with van der Waals surface area (Å²) in [6, 6.07) is 9.78. The minimum absolute atomic E-state index is 0.0458. The maximum absolute atomic E-state index is 12.0. The Hall–Kier alpha value is -0.960. The summed E-state index contributed by atoms with van der Waals surface area (Å²) < 4.78 is 51.1. The lowest BCUT2D eigenvalue weighted by Gasteiger charge is -2.19. The van der Waals surface area contributed by atoms with Crippen LogP contribution in [-0.4, -0.2) is 52.3 Å². The molecule has 6 nitrogen and oxygen atoms in total. The molecule has 0 amide bonds. The Kier molecular flexibility index (Phi) is 6.19. The lowest BCUT2D eigenvalue weighted by molar-refractivity contribution is 0.409. The maximum Gasteiger partial charge on any atom is 0.211 e. The van der Waals surface area contributed by atoms with E-state index in [0.29, 0.717) is 12.8 Å². The van der Waals surface area contributed by atoms with Crippen LogP contribution in [0.5, 0.6) is 0 Å². The van der Waals surface area contributed by atoms with Crippen LogP contribution in [0.25, 0.3) is 0 Å². The third-order valence-corrected chi connectivity index (χ3v) is 6.56. The Morgan fingerprint density at radius 1 is 1.13 bits per heavy atom. The highest BCUT2D eigenvalue weighted by Gasteiger charge is 2.34. The van der Waals surface area contributed by atoms with Crippen LogP contribution in [0.1, 0.15) is 24.8 Å². The zero-order chi connectivity index (χ0) is 16.9. The summed E-state index contributed by atoms with van der Waals surface area (Å²) in [5, 5.41) is 0. The molecule has 0 unspecified atom stereocenters. The summed E-state index contributed by atoms with van der Waals surface area (Å²) in [7, 11) is -6.64. The van der Waals surface area contributed by atoms with Gasteiger partial charge in [0.05, 0.1) is 12.0 Å². The quantitative estimate of drug-likeness (QED) is 0.674. The van der Waals surface area contributed by atoms with Gasteiger partial charge in [-0.25, -0.2) is 21.6 Å². The number of hydrogen-bond acceptors (Lipinski definition) is 4. The molecule has 0 heterocycles. The molecule has 0 aliphatic heterocycles. The fourth-order valence-corrected chi connectivity index (χ4v) is 4.72. The summed E-state index contributed by atoms with van der Waals surface area (Å²) in [6.07, 6.45) is 4.13. The van der Waals surface area contributed by atoms with Crippen LogP contribution in [0.15, 0.2) is 30.3 Å². The van der Waals surface area contributed by atoms with Crippen molar-refractivity contribution in [2.45, 2.75) is 31.7 Å². The first-order valence-electron chi connectivity index (χ1n) is 7.76. The molecule has 8 heteroatoms. The molecule has 1 N–H and O–H groups in total.